The van der Waals surface area contributed by atoms with Gasteiger partial charge < -0.3 is 11.5 Å². The van der Waals surface area contributed by atoms with Gasteiger partial charge in [0.05, 0.1) is 0 Å². The van der Waals surface area contributed by atoms with Gasteiger partial charge in [-0.3, -0.25) is 5.73 Å². The van der Waals surface area contributed by atoms with E-state index in [0.29, 0.717) is 5.82 Å². The van der Waals surface area contributed by atoms with E-state index in [0.717, 1.165) is 0 Å². The van der Waals surface area contributed by atoms with Crippen molar-refractivity contribution in [1.29, 1.82) is 0 Å². The van der Waals surface area contributed by atoms with Crippen LogP contribution in [0.25, 0.3) is 0 Å². The minimum absolute atomic E-state index is 0.0205. The lowest BCUT2D eigenvalue weighted by Crippen LogP contribution is -2.37. The monoisotopic (exact) mass is 152 g/mol. The molecule has 58 valence electrons. The van der Waals surface area contributed by atoms with Gasteiger partial charge in [0.15, 0.2) is 0 Å². The molecule has 6 N–H and O–H groups in total. The smallest absolute Gasteiger partial charge is 0.297 e. The molecule has 0 bridgehead atoms. The van der Waals surface area contributed by atoms with E-state index >= 15 is 0 Å². The molecule has 5 heteroatoms. The summed E-state index contributed by atoms with van der Waals surface area (Å²) in [5, 5.41) is 3.72. The lowest BCUT2D eigenvalue weighted by Gasteiger charge is -1.92. The van der Waals surface area contributed by atoms with Gasteiger partial charge in [0, 0.05) is 6.07 Å². The summed E-state index contributed by atoms with van der Waals surface area (Å²) < 4.78 is 1.40. The number of aromatic nitrogens is 1. The maximum atomic E-state index is 5.51. The number of nitrogens with zero attached hydrogens (tertiary/aromatic N) is 2. The molecule has 0 fully saturated rings. The average Bonchev–Trinajstić information content (AvgIpc) is 1.93. The number of nitrogen functional groups attached to an aromatic ring is 1. The van der Waals surface area contributed by atoms with Crippen LogP contribution in [0, 0.1) is 0 Å². The third-order valence-electron chi connectivity index (χ3n) is 1.09. The van der Waals surface area contributed by atoms with Crippen molar-refractivity contribution in [2.45, 2.75) is 0 Å². The number of nitrogens with two attached hydrogens (primary N) is 3. The SMILES string of the molecule is NC(N)=N[n+]1ccccc1N. The zero-order valence-corrected chi connectivity index (χ0v) is 5.94. The second-order valence-corrected chi connectivity index (χ2v) is 1.99. The third-order valence-corrected chi connectivity index (χ3v) is 1.09. The predicted molar refractivity (Wildman–Crippen MR) is 42.3 cm³/mol. The summed E-state index contributed by atoms with van der Waals surface area (Å²) >= 11 is 0. The normalized spacial score (nSPS) is 9.09. The highest BCUT2D eigenvalue weighted by Gasteiger charge is 1.98. The number of rotatable bonds is 1. The Bertz CT molecular complexity index is 276. The molecule has 0 atom stereocenters. The molecule has 0 aliphatic carbocycles. The van der Waals surface area contributed by atoms with E-state index in [9.17, 15) is 0 Å². The minimum Gasteiger partial charge on any atom is -0.367 e. The molecule has 5 nitrogen and oxygen atoms in total. The zero-order chi connectivity index (χ0) is 8.27. The van der Waals surface area contributed by atoms with Crippen LogP contribution in [-0.4, -0.2) is 5.96 Å². The number of guanidine groups is 1. The molecule has 11 heavy (non-hydrogen) atoms. The first kappa shape index (κ1) is 7.33. The molecule has 1 rings (SSSR count). The third kappa shape index (κ3) is 1.82. The Kier molecular flexibility index (Phi) is 1.91. The Morgan fingerprint density at radius 1 is 1.36 bits per heavy atom. The van der Waals surface area contributed by atoms with Crippen molar-refractivity contribution in [2.75, 3.05) is 5.73 Å². The molecule has 0 amide bonds. The first-order valence-corrected chi connectivity index (χ1v) is 3.06. The summed E-state index contributed by atoms with van der Waals surface area (Å²) in [6, 6.07) is 5.28. The van der Waals surface area contributed by atoms with Gasteiger partial charge in [-0.25, -0.2) is 0 Å². The summed E-state index contributed by atoms with van der Waals surface area (Å²) in [6.07, 6.45) is 1.66. The van der Waals surface area contributed by atoms with Crippen LogP contribution in [0.4, 0.5) is 5.82 Å². The molecule has 1 aromatic rings. The Morgan fingerprint density at radius 2 is 2.09 bits per heavy atom. The minimum atomic E-state index is -0.0205. The molecule has 0 saturated heterocycles. The van der Waals surface area contributed by atoms with Gasteiger partial charge >= 0.3 is 0 Å². The summed E-state index contributed by atoms with van der Waals surface area (Å²) in [5.74, 6) is 0.466. The van der Waals surface area contributed by atoms with E-state index in [2.05, 4.69) is 5.10 Å². The predicted octanol–water partition coefficient (Wildman–Crippen LogP) is -1.41. The van der Waals surface area contributed by atoms with Gasteiger partial charge in [0.1, 0.15) is 6.20 Å². The van der Waals surface area contributed by atoms with Crippen LogP contribution in [-0.2, 0) is 0 Å². The van der Waals surface area contributed by atoms with Crippen LogP contribution < -0.4 is 21.9 Å². The van der Waals surface area contributed by atoms with Crippen molar-refractivity contribution in [2.24, 2.45) is 16.6 Å². The van der Waals surface area contributed by atoms with E-state index in [1.807, 2.05) is 0 Å². The highest BCUT2D eigenvalue weighted by molar-refractivity contribution is 5.74. The van der Waals surface area contributed by atoms with Crippen LogP contribution >= 0.6 is 0 Å². The molecule has 0 saturated carbocycles. The maximum absolute atomic E-state index is 5.51. The Labute approximate surface area is 64.1 Å². The fraction of sp³-hybridized carbons (Fsp3) is 0. The Hall–Kier alpha value is -1.78. The average molecular weight is 152 g/mol. The second kappa shape index (κ2) is 2.87. The molecule has 0 aliphatic heterocycles. The number of anilines is 1. The largest absolute Gasteiger partial charge is 0.367 e. The fourth-order valence-corrected chi connectivity index (χ4v) is 0.663. The van der Waals surface area contributed by atoms with Crippen molar-refractivity contribution in [3.63, 3.8) is 0 Å². The van der Waals surface area contributed by atoms with Crippen LogP contribution in [0.1, 0.15) is 0 Å². The summed E-state index contributed by atoms with van der Waals surface area (Å²) in [7, 11) is 0. The van der Waals surface area contributed by atoms with E-state index in [1.165, 1.54) is 4.68 Å². The Balaban J connectivity index is 3.04. The molecular formula is C6H10N5+. The second-order valence-electron chi connectivity index (χ2n) is 1.99. The van der Waals surface area contributed by atoms with Gasteiger partial charge in [0.2, 0.25) is 5.96 Å². The molecular weight excluding hydrogens is 142 g/mol. The maximum Gasteiger partial charge on any atom is 0.297 e. The summed E-state index contributed by atoms with van der Waals surface area (Å²) in [6.45, 7) is 0. The fourth-order valence-electron chi connectivity index (χ4n) is 0.663. The molecule has 1 aromatic heterocycles. The van der Waals surface area contributed by atoms with Crippen LogP contribution in [0.15, 0.2) is 29.5 Å². The molecule has 0 unspecified atom stereocenters. The van der Waals surface area contributed by atoms with Gasteiger partial charge in [-0.2, -0.15) is 0 Å². The van der Waals surface area contributed by atoms with Crippen molar-refractivity contribution in [1.82, 2.24) is 0 Å². The number of hydrogen-bond acceptors (Lipinski definition) is 2. The Morgan fingerprint density at radius 3 is 2.64 bits per heavy atom. The highest BCUT2D eigenvalue weighted by Crippen LogP contribution is 1.88. The van der Waals surface area contributed by atoms with Crippen molar-refractivity contribution < 1.29 is 4.68 Å². The van der Waals surface area contributed by atoms with Gasteiger partial charge in [-0.15, -0.1) is 4.68 Å². The van der Waals surface area contributed by atoms with Gasteiger partial charge in [0.25, 0.3) is 5.82 Å². The van der Waals surface area contributed by atoms with Crippen molar-refractivity contribution in [3.8, 4) is 0 Å². The van der Waals surface area contributed by atoms with E-state index in [4.69, 9.17) is 17.2 Å². The quantitative estimate of drug-likeness (QED) is 0.262. The van der Waals surface area contributed by atoms with Gasteiger partial charge in [-0.1, -0.05) is 6.07 Å². The lowest BCUT2D eigenvalue weighted by molar-refractivity contribution is -0.664. The molecule has 0 radical (unpaired) electrons. The van der Waals surface area contributed by atoms with Gasteiger partial charge in [-0.05, 0) is 11.2 Å². The molecule has 0 aliphatic rings. The number of pyridine rings is 1. The van der Waals surface area contributed by atoms with Crippen LogP contribution in [0.3, 0.4) is 0 Å². The molecule has 0 aromatic carbocycles. The van der Waals surface area contributed by atoms with Crippen LogP contribution in [0.5, 0.6) is 0 Å². The molecule has 1 heterocycles. The topological polar surface area (TPSA) is 94.3 Å². The molecule has 0 spiro atoms. The summed E-state index contributed by atoms with van der Waals surface area (Å²) in [4.78, 5) is 0. The van der Waals surface area contributed by atoms with E-state index in [1.54, 1.807) is 24.4 Å². The number of hydrogen-bond donors (Lipinski definition) is 3. The lowest BCUT2D eigenvalue weighted by atomic mass is 10.5. The van der Waals surface area contributed by atoms with E-state index < -0.39 is 0 Å². The van der Waals surface area contributed by atoms with Crippen molar-refractivity contribution >= 4 is 11.8 Å². The summed E-state index contributed by atoms with van der Waals surface area (Å²) in [5.41, 5.74) is 15.8. The first-order chi connectivity index (χ1) is 5.20. The highest BCUT2D eigenvalue weighted by atomic mass is 15.4. The standard InChI is InChI=1S/C6H9N5/c7-5-3-1-2-4-11(5)10-6(8)9/h1-4,7H,(H4,8,9,10)/p+1. The van der Waals surface area contributed by atoms with E-state index in [-0.39, 0.29) is 5.96 Å². The van der Waals surface area contributed by atoms with Crippen molar-refractivity contribution in [3.05, 3.63) is 24.4 Å². The van der Waals surface area contributed by atoms with Crippen LogP contribution in [0.2, 0.25) is 0 Å². The first-order valence-electron chi connectivity index (χ1n) is 3.06. The zero-order valence-electron chi connectivity index (χ0n) is 5.94.